The molecule has 1 saturated heterocycles. The van der Waals surface area contributed by atoms with Gasteiger partial charge >= 0.3 is 0 Å². The zero-order valence-electron chi connectivity index (χ0n) is 11.0. The van der Waals surface area contributed by atoms with Gasteiger partial charge in [0.05, 0.1) is 0 Å². The zero-order chi connectivity index (χ0) is 11.7. The Bertz CT molecular complexity index is 225. The van der Waals surface area contributed by atoms with Crippen LogP contribution in [-0.2, 0) is 0 Å². The molecule has 0 bridgehead atoms. The molecule has 2 aliphatic rings. The van der Waals surface area contributed by atoms with E-state index in [0.29, 0.717) is 12.1 Å². The van der Waals surface area contributed by atoms with Crippen LogP contribution < -0.4 is 5.73 Å². The van der Waals surface area contributed by atoms with E-state index >= 15 is 0 Å². The van der Waals surface area contributed by atoms with Crippen LogP contribution in [0.25, 0.3) is 0 Å². The maximum atomic E-state index is 5.97. The highest BCUT2D eigenvalue weighted by Crippen LogP contribution is 2.34. The largest absolute Gasteiger partial charge is 0.329 e. The average molecular weight is 225 g/mol. The van der Waals surface area contributed by atoms with E-state index in [0.717, 1.165) is 18.4 Å². The van der Waals surface area contributed by atoms with Crippen LogP contribution >= 0.6 is 0 Å². The van der Waals surface area contributed by atoms with Gasteiger partial charge in [-0.3, -0.25) is 4.90 Å². The van der Waals surface area contributed by atoms with E-state index in [-0.39, 0.29) is 0 Å². The molecule has 0 radical (unpaired) electrons. The zero-order valence-corrected chi connectivity index (χ0v) is 11.0. The van der Waals surface area contributed by atoms with Crippen molar-refractivity contribution in [2.45, 2.75) is 38.3 Å². The SMILES string of the molecule is CC1CN(C(CN)C2CCC2)CC1N(C)C. The summed E-state index contributed by atoms with van der Waals surface area (Å²) in [6.07, 6.45) is 4.22. The van der Waals surface area contributed by atoms with Gasteiger partial charge in [0.15, 0.2) is 0 Å². The second kappa shape index (κ2) is 5.03. The standard InChI is InChI=1S/C13H27N3/c1-10-8-16(9-13(10)15(2)3)12(7-14)11-5-4-6-11/h10-13H,4-9,14H2,1-3H3. The molecule has 0 amide bonds. The van der Waals surface area contributed by atoms with Gasteiger partial charge in [0.25, 0.3) is 0 Å². The number of nitrogens with two attached hydrogens (primary N) is 1. The van der Waals surface area contributed by atoms with Crippen LogP contribution in [0.15, 0.2) is 0 Å². The van der Waals surface area contributed by atoms with Crippen molar-refractivity contribution in [3.05, 3.63) is 0 Å². The van der Waals surface area contributed by atoms with Gasteiger partial charge in [-0.25, -0.2) is 0 Å². The van der Waals surface area contributed by atoms with Gasteiger partial charge in [-0.1, -0.05) is 13.3 Å². The second-order valence-electron chi connectivity index (χ2n) is 5.96. The number of nitrogens with zero attached hydrogens (tertiary/aromatic N) is 2. The van der Waals surface area contributed by atoms with Crippen LogP contribution in [-0.4, -0.2) is 55.6 Å². The number of likely N-dealkylation sites (tertiary alicyclic amines) is 1. The Balaban J connectivity index is 1.94. The van der Waals surface area contributed by atoms with Crippen molar-refractivity contribution >= 4 is 0 Å². The van der Waals surface area contributed by atoms with Gasteiger partial charge in [-0.2, -0.15) is 0 Å². The minimum absolute atomic E-state index is 0.654. The summed E-state index contributed by atoms with van der Waals surface area (Å²) in [6.45, 7) is 5.67. The Morgan fingerprint density at radius 2 is 2.00 bits per heavy atom. The van der Waals surface area contributed by atoms with Crippen molar-refractivity contribution < 1.29 is 0 Å². The van der Waals surface area contributed by atoms with Crippen LogP contribution in [0.3, 0.4) is 0 Å². The Morgan fingerprint density at radius 3 is 2.38 bits per heavy atom. The minimum Gasteiger partial charge on any atom is -0.329 e. The van der Waals surface area contributed by atoms with Crippen LogP contribution in [0.5, 0.6) is 0 Å². The topological polar surface area (TPSA) is 32.5 Å². The average Bonchev–Trinajstić information content (AvgIpc) is 2.53. The van der Waals surface area contributed by atoms with Gasteiger partial charge in [0.2, 0.25) is 0 Å². The lowest BCUT2D eigenvalue weighted by molar-refractivity contribution is 0.115. The highest BCUT2D eigenvalue weighted by atomic mass is 15.3. The first-order valence-corrected chi connectivity index (χ1v) is 6.74. The normalized spacial score (nSPS) is 34.3. The number of rotatable bonds is 4. The Morgan fingerprint density at radius 1 is 1.31 bits per heavy atom. The highest BCUT2D eigenvalue weighted by molar-refractivity contribution is 4.94. The van der Waals surface area contributed by atoms with E-state index in [2.05, 4.69) is 30.8 Å². The molecule has 2 rings (SSSR count). The molecule has 2 N–H and O–H groups in total. The number of hydrogen-bond donors (Lipinski definition) is 1. The monoisotopic (exact) mass is 225 g/mol. The van der Waals surface area contributed by atoms with Gasteiger partial charge in [-0.15, -0.1) is 0 Å². The number of likely N-dealkylation sites (N-methyl/N-ethyl adjacent to an activating group) is 1. The molecule has 1 aliphatic heterocycles. The lowest BCUT2D eigenvalue weighted by Gasteiger charge is -2.39. The summed E-state index contributed by atoms with van der Waals surface area (Å²) in [4.78, 5) is 5.03. The Labute approximate surface area is 100.0 Å². The lowest BCUT2D eigenvalue weighted by atomic mass is 9.79. The Hall–Kier alpha value is -0.120. The first-order chi connectivity index (χ1) is 7.63. The second-order valence-corrected chi connectivity index (χ2v) is 5.96. The summed E-state index contributed by atoms with van der Waals surface area (Å²) in [5.41, 5.74) is 5.97. The molecule has 1 saturated carbocycles. The van der Waals surface area contributed by atoms with Crippen LogP contribution in [0.2, 0.25) is 0 Å². The maximum Gasteiger partial charge on any atom is 0.0254 e. The van der Waals surface area contributed by atoms with Crippen molar-refractivity contribution in [2.24, 2.45) is 17.6 Å². The molecule has 3 atom stereocenters. The van der Waals surface area contributed by atoms with E-state index < -0.39 is 0 Å². The van der Waals surface area contributed by atoms with E-state index in [9.17, 15) is 0 Å². The van der Waals surface area contributed by atoms with Gasteiger partial charge in [0, 0.05) is 31.7 Å². The lowest BCUT2D eigenvalue weighted by Crippen LogP contribution is -2.47. The first kappa shape index (κ1) is 12.3. The van der Waals surface area contributed by atoms with Crippen LogP contribution in [0.4, 0.5) is 0 Å². The smallest absolute Gasteiger partial charge is 0.0254 e. The van der Waals surface area contributed by atoms with Crippen molar-refractivity contribution in [3.63, 3.8) is 0 Å². The van der Waals surface area contributed by atoms with Crippen molar-refractivity contribution in [1.82, 2.24) is 9.80 Å². The van der Waals surface area contributed by atoms with Crippen molar-refractivity contribution in [1.29, 1.82) is 0 Å². The maximum absolute atomic E-state index is 5.97. The summed E-state index contributed by atoms with van der Waals surface area (Å²) in [7, 11) is 4.40. The molecule has 1 heterocycles. The molecular weight excluding hydrogens is 198 g/mol. The fourth-order valence-electron chi connectivity index (χ4n) is 3.39. The first-order valence-electron chi connectivity index (χ1n) is 6.74. The molecule has 1 aliphatic carbocycles. The molecule has 3 unspecified atom stereocenters. The Kier molecular flexibility index (Phi) is 3.88. The fraction of sp³-hybridized carbons (Fsp3) is 1.00. The molecule has 16 heavy (non-hydrogen) atoms. The van der Waals surface area contributed by atoms with Crippen molar-refractivity contribution in [3.8, 4) is 0 Å². The molecule has 0 aromatic heterocycles. The van der Waals surface area contributed by atoms with E-state index in [1.807, 2.05) is 0 Å². The summed E-state index contributed by atoms with van der Waals surface area (Å²) >= 11 is 0. The van der Waals surface area contributed by atoms with E-state index in [1.165, 1.54) is 32.4 Å². The third-order valence-corrected chi connectivity index (χ3v) is 4.67. The fourth-order valence-corrected chi connectivity index (χ4v) is 3.39. The van der Waals surface area contributed by atoms with Gasteiger partial charge < -0.3 is 10.6 Å². The predicted molar refractivity (Wildman–Crippen MR) is 68.4 cm³/mol. The van der Waals surface area contributed by atoms with Crippen LogP contribution in [0, 0.1) is 11.8 Å². The number of hydrogen-bond acceptors (Lipinski definition) is 3. The highest BCUT2D eigenvalue weighted by Gasteiger charge is 2.38. The van der Waals surface area contributed by atoms with E-state index in [1.54, 1.807) is 0 Å². The van der Waals surface area contributed by atoms with Crippen molar-refractivity contribution in [2.75, 3.05) is 33.7 Å². The summed E-state index contributed by atoms with van der Waals surface area (Å²) in [6, 6.07) is 1.37. The third-order valence-electron chi connectivity index (χ3n) is 4.67. The molecular formula is C13H27N3. The van der Waals surface area contributed by atoms with Crippen LogP contribution in [0.1, 0.15) is 26.2 Å². The molecule has 3 nitrogen and oxygen atoms in total. The third kappa shape index (κ3) is 2.27. The predicted octanol–water partition coefficient (Wildman–Crippen LogP) is 0.996. The molecule has 0 aromatic rings. The summed E-state index contributed by atoms with van der Waals surface area (Å²) < 4.78 is 0. The molecule has 0 aromatic carbocycles. The molecule has 2 fully saturated rings. The van der Waals surface area contributed by atoms with Gasteiger partial charge in [-0.05, 0) is 38.8 Å². The molecule has 0 spiro atoms. The van der Waals surface area contributed by atoms with E-state index in [4.69, 9.17) is 5.73 Å². The minimum atomic E-state index is 0.654. The molecule has 94 valence electrons. The summed E-state index contributed by atoms with van der Waals surface area (Å²) in [5, 5.41) is 0. The molecule has 3 heteroatoms. The quantitative estimate of drug-likeness (QED) is 0.774. The van der Waals surface area contributed by atoms with Gasteiger partial charge in [0.1, 0.15) is 0 Å². The summed E-state index contributed by atoms with van der Waals surface area (Å²) in [5.74, 6) is 1.67.